The Labute approximate surface area is 241 Å². The third kappa shape index (κ3) is 7.13. The van der Waals surface area contributed by atoms with E-state index in [1.54, 1.807) is 81.8 Å². The number of thioether (sulfide) groups is 1. The second-order valence-corrected chi connectivity index (χ2v) is 10.2. The van der Waals surface area contributed by atoms with Gasteiger partial charge in [-0.25, -0.2) is 9.79 Å². The summed E-state index contributed by atoms with van der Waals surface area (Å²) in [5, 5.41) is 3.04. The lowest BCUT2D eigenvalue weighted by molar-refractivity contribution is -0.129. The van der Waals surface area contributed by atoms with Gasteiger partial charge in [-0.3, -0.25) is 14.5 Å². The zero-order valence-electron chi connectivity index (χ0n) is 22.2. The number of carbonyl (C=O) groups excluding carboxylic acids is 3. The minimum atomic E-state index is -0.706. The molecule has 2 amide bonds. The standard InChI is InChI=1S/C29H28ClN3O6S/c1-4-39-28(36)19-6-10-22(11-7-19)32-29-33(17-18-5-14-23(37-2)24(15-18)38-3)26(34)16-25(40-29)27(35)31-21-12-8-20(30)9-13-21/h5-15,25H,4,16-17H2,1-3H3,(H,31,35). The highest BCUT2D eigenvalue weighted by Gasteiger charge is 2.36. The van der Waals surface area contributed by atoms with E-state index < -0.39 is 11.2 Å². The highest BCUT2D eigenvalue weighted by Crippen LogP contribution is 2.33. The van der Waals surface area contributed by atoms with Gasteiger partial charge in [0, 0.05) is 17.1 Å². The predicted octanol–water partition coefficient (Wildman–Crippen LogP) is 5.69. The molecule has 0 spiro atoms. The van der Waals surface area contributed by atoms with E-state index in [4.69, 9.17) is 30.8 Å². The number of amides is 2. The zero-order valence-corrected chi connectivity index (χ0v) is 23.8. The molecule has 1 heterocycles. The van der Waals surface area contributed by atoms with Crippen LogP contribution in [0.4, 0.5) is 11.4 Å². The number of nitrogens with zero attached hydrogens (tertiary/aromatic N) is 2. The van der Waals surface area contributed by atoms with Gasteiger partial charge in [-0.2, -0.15) is 0 Å². The molecule has 9 nitrogen and oxygen atoms in total. The molecule has 208 valence electrons. The highest BCUT2D eigenvalue weighted by atomic mass is 35.5. The van der Waals surface area contributed by atoms with Gasteiger partial charge in [-0.15, -0.1) is 0 Å². The van der Waals surface area contributed by atoms with Crippen LogP contribution in [0, 0.1) is 0 Å². The van der Waals surface area contributed by atoms with E-state index in [2.05, 4.69) is 5.32 Å². The molecule has 0 aromatic heterocycles. The fraction of sp³-hybridized carbons (Fsp3) is 0.241. The topological polar surface area (TPSA) is 107 Å². The number of carbonyl (C=O) groups is 3. The molecule has 1 fully saturated rings. The third-order valence-corrected chi connectivity index (χ3v) is 7.38. The molecule has 1 unspecified atom stereocenters. The van der Waals surface area contributed by atoms with Gasteiger partial charge in [0.25, 0.3) is 0 Å². The van der Waals surface area contributed by atoms with Gasteiger partial charge < -0.3 is 19.5 Å². The molecule has 1 aliphatic rings. The van der Waals surface area contributed by atoms with E-state index in [0.29, 0.717) is 38.6 Å². The first kappa shape index (κ1) is 29.0. The van der Waals surface area contributed by atoms with Crippen molar-refractivity contribution in [2.75, 3.05) is 26.1 Å². The molecule has 1 saturated heterocycles. The average Bonchev–Trinajstić information content (AvgIpc) is 2.96. The van der Waals surface area contributed by atoms with Crippen molar-refractivity contribution in [3.63, 3.8) is 0 Å². The molecule has 3 aromatic carbocycles. The molecule has 0 aliphatic carbocycles. The number of aliphatic imine (C=N–C) groups is 1. The average molecular weight is 582 g/mol. The minimum Gasteiger partial charge on any atom is -0.493 e. The van der Waals surface area contributed by atoms with Crippen molar-refractivity contribution in [3.8, 4) is 11.5 Å². The van der Waals surface area contributed by atoms with Crippen molar-refractivity contribution in [1.29, 1.82) is 0 Å². The largest absolute Gasteiger partial charge is 0.493 e. The lowest BCUT2D eigenvalue weighted by Gasteiger charge is -2.32. The Bertz CT molecular complexity index is 1410. The number of hydrogen-bond donors (Lipinski definition) is 1. The summed E-state index contributed by atoms with van der Waals surface area (Å²) in [5.74, 6) is 0.0897. The SMILES string of the molecule is CCOC(=O)c1ccc(N=C2SC(C(=O)Nc3ccc(Cl)cc3)CC(=O)N2Cc2ccc(OC)c(OC)c2)cc1. The van der Waals surface area contributed by atoms with Crippen LogP contribution in [0.1, 0.15) is 29.3 Å². The molecular weight excluding hydrogens is 554 g/mol. The van der Waals surface area contributed by atoms with Gasteiger partial charge in [0.2, 0.25) is 11.8 Å². The monoisotopic (exact) mass is 581 g/mol. The van der Waals surface area contributed by atoms with Crippen LogP contribution in [0.2, 0.25) is 5.02 Å². The summed E-state index contributed by atoms with van der Waals surface area (Å²) in [4.78, 5) is 44.8. The van der Waals surface area contributed by atoms with E-state index in [-0.39, 0.29) is 31.4 Å². The second kappa shape index (κ2) is 13.4. The molecule has 1 N–H and O–H groups in total. The fourth-order valence-electron chi connectivity index (χ4n) is 3.91. The summed E-state index contributed by atoms with van der Waals surface area (Å²) in [5.41, 5.74) is 2.27. The van der Waals surface area contributed by atoms with E-state index in [9.17, 15) is 14.4 Å². The smallest absolute Gasteiger partial charge is 0.338 e. The van der Waals surface area contributed by atoms with Gasteiger partial charge in [-0.05, 0) is 73.2 Å². The zero-order chi connectivity index (χ0) is 28.6. The van der Waals surface area contributed by atoms with Gasteiger partial charge in [0.1, 0.15) is 5.25 Å². The molecule has 3 aromatic rings. The Balaban J connectivity index is 1.62. The van der Waals surface area contributed by atoms with Crippen molar-refractivity contribution in [3.05, 3.63) is 82.9 Å². The molecular formula is C29H28ClN3O6S. The molecule has 0 saturated carbocycles. The minimum absolute atomic E-state index is 0.0157. The molecule has 40 heavy (non-hydrogen) atoms. The third-order valence-electron chi connectivity index (χ3n) is 5.94. The Kier molecular flexibility index (Phi) is 9.68. The molecule has 1 aliphatic heterocycles. The van der Waals surface area contributed by atoms with Gasteiger partial charge >= 0.3 is 5.97 Å². The van der Waals surface area contributed by atoms with Gasteiger partial charge in [0.15, 0.2) is 16.7 Å². The van der Waals surface area contributed by atoms with Crippen LogP contribution in [-0.4, -0.2) is 53.9 Å². The first-order valence-electron chi connectivity index (χ1n) is 12.4. The second-order valence-electron chi connectivity index (χ2n) is 8.64. The van der Waals surface area contributed by atoms with Crippen LogP contribution in [-0.2, 0) is 20.9 Å². The van der Waals surface area contributed by atoms with E-state index >= 15 is 0 Å². The molecule has 0 radical (unpaired) electrons. The van der Waals surface area contributed by atoms with Crippen LogP contribution in [0.5, 0.6) is 11.5 Å². The quantitative estimate of drug-likeness (QED) is 0.323. The maximum absolute atomic E-state index is 13.4. The number of rotatable bonds is 9. The number of halogens is 1. The van der Waals surface area contributed by atoms with Crippen molar-refractivity contribution in [1.82, 2.24) is 4.90 Å². The number of hydrogen-bond acceptors (Lipinski definition) is 8. The summed E-state index contributed by atoms with van der Waals surface area (Å²) >= 11 is 7.14. The van der Waals surface area contributed by atoms with Crippen LogP contribution in [0.25, 0.3) is 0 Å². The van der Waals surface area contributed by atoms with Crippen LogP contribution in [0.15, 0.2) is 71.7 Å². The molecule has 4 rings (SSSR count). The lowest BCUT2D eigenvalue weighted by Crippen LogP contribution is -2.44. The summed E-state index contributed by atoms with van der Waals surface area (Å²) in [6.07, 6.45) is -0.0157. The first-order chi connectivity index (χ1) is 19.3. The number of amidine groups is 1. The Morgan fingerprint density at radius 2 is 1.73 bits per heavy atom. The van der Waals surface area contributed by atoms with E-state index in [0.717, 1.165) is 5.56 Å². The van der Waals surface area contributed by atoms with Crippen LogP contribution in [0.3, 0.4) is 0 Å². The van der Waals surface area contributed by atoms with Crippen LogP contribution < -0.4 is 14.8 Å². The number of nitrogens with one attached hydrogen (secondary N) is 1. The number of methoxy groups -OCH3 is 2. The van der Waals surface area contributed by atoms with Crippen molar-refractivity contribution in [2.45, 2.75) is 25.1 Å². The maximum atomic E-state index is 13.4. The predicted molar refractivity (Wildman–Crippen MR) is 156 cm³/mol. The highest BCUT2D eigenvalue weighted by molar-refractivity contribution is 8.15. The fourth-order valence-corrected chi connectivity index (χ4v) is 5.14. The Morgan fingerprint density at radius 3 is 2.38 bits per heavy atom. The van der Waals surface area contributed by atoms with Crippen molar-refractivity contribution in [2.24, 2.45) is 4.99 Å². The van der Waals surface area contributed by atoms with E-state index in [1.165, 1.54) is 16.7 Å². The first-order valence-corrected chi connectivity index (χ1v) is 13.7. The van der Waals surface area contributed by atoms with Crippen LogP contribution >= 0.6 is 23.4 Å². The van der Waals surface area contributed by atoms with Gasteiger partial charge in [0.05, 0.1) is 38.6 Å². The molecule has 0 bridgehead atoms. The molecule has 11 heteroatoms. The van der Waals surface area contributed by atoms with Crippen molar-refractivity contribution < 1.29 is 28.6 Å². The number of anilines is 1. The number of ether oxygens (including phenoxy) is 3. The number of esters is 1. The van der Waals surface area contributed by atoms with Gasteiger partial charge in [-0.1, -0.05) is 29.4 Å². The Hall–Kier alpha value is -4.02. The summed E-state index contributed by atoms with van der Waals surface area (Å²) in [7, 11) is 3.09. The number of benzene rings is 3. The summed E-state index contributed by atoms with van der Waals surface area (Å²) < 4.78 is 15.8. The summed E-state index contributed by atoms with van der Waals surface area (Å²) in [6, 6.07) is 18.7. The normalized spacial score (nSPS) is 16.0. The molecule has 1 atom stereocenters. The van der Waals surface area contributed by atoms with Crippen molar-refractivity contribution >= 4 is 57.7 Å². The summed E-state index contributed by atoms with van der Waals surface area (Å²) in [6.45, 7) is 2.21. The Morgan fingerprint density at radius 1 is 1.02 bits per heavy atom. The maximum Gasteiger partial charge on any atom is 0.338 e. The lowest BCUT2D eigenvalue weighted by atomic mass is 10.1. The van der Waals surface area contributed by atoms with E-state index in [1.807, 2.05) is 6.07 Å².